The lowest BCUT2D eigenvalue weighted by atomic mass is 10.1. The largest absolute Gasteiger partial charge is 0.342 e. The number of carbonyl (C=O) groups is 2. The molecule has 1 fully saturated rings. The Morgan fingerprint density at radius 2 is 2.03 bits per heavy atom. The van der Waals surface area contributed by atoms with E-state index in [1.807, 2.05) is 6.92 Å². The number of rotatable bonds is 6. The maximum atomic E-state index is 14.0. The van der Waals surface area contributed by atoms with Crippen molar-refractivity contribution in [1.82, 2.24) is 19.8 Å². The Bertz CT molecular complexity index is 786. The number of nitrogens with zero attached hydrogens (tertiary/aromatic N) is 4. The van der Waals surface area contributed by atoms with Crippen molar-refractivity contribution in [2.24, 2.45) is 0 Å². The number of anilines is 1. The standard InChI is InChI=1S/C15H20FN3O2S.C5H6N2/c1-2-9-22-17-14-4-3-12(10-13(14)16)15(21)19-7-5-18(11-20)6-8-19;1-5-4-6-2-3-7-5/h3-4,10-11,17H,2,5-9H2,1H3;2-4H,1H3. The number of hydrogen-bond donors (Lipinski definition) is 1. The molecule has 29 heavy (non-hydrogen) atoms. The summed E-state index contributed by atoms with van der Waals surface area (Å²) >= 11 is 1.44. The van der Waals surface area contributed by atoms with Gasteiger partial charge in [-0.25, -0.2) is 4.39 Å². The highest BCUT2D eigenvalue weighted by Gasteiger charge is 2.22. The normalized spacial score (nSPS) is 13.3. The van der Waals surface area contributed by atoms with Gasteiger partial charge in [0.2, 0.25) is 6.41 Å². The van der Waals surface area contributed by atoms with Crippen LogP contribution in [0.25, 0.3) is 0 Å². The van der Waals surface area contributed by atoms with Gasteiger partial charge in [-0.15, -0.1) is 0 Å². The van der Waals surface area contributed by atoms with Crippen molar-refractivity contribution in [3.05, 3.63) is 53.9 Å². The first-order valence-corrected chi connectivity index (χ1v) is 10.4. The molecule has 1 aromatic carbocycles. The predicted octanol–water partition coefficient (Wildman–Crippen LogP) is 3.00. The molecule has 1 aliphatic heterocycles. The van der Waals surface area contributed by atoms with Crippen molar-refractivity contribution < 1.29 is 14.0 Å². The fraction of sp³-hybridized carbons (Fsp3) is 0.400. The third kappa shape index (κ3) is 7.34. The van der Waals surface area contributed by atoms with Gasteiger partial charge < -0.3 is 14.5 Å². The van der Waals surface area contributed by atoms with Crippen LogP contribution < -0.4 is 4.72 Å². The molecule has 1 saturated heterocycles. The van der Waals surface area contributed by atoms with Crippen molar-refractivity contribution >= 4 is 30.0 Å². The number of hydrogen-bond acceptors (Lipinski definition) is 6. The van der Waals surface area contributed by atoms with Gasteiger partial charge in [-0.2, -0.15) is 0 Å². The molecule has 2 heterocycles. The number of aryl methyl sites for hydroxylation is 1. The first-order chi connectivity index (χ1) is 14.0. The fourth-order valence-corrected chi connectivity index (χ4v) is 3.18. The van der Waals surface area contributed by atoms with E-state index >= 15 is 0 Å². The third-order valence-electron chi connectivity index (χ3n) is 4.15. The van der Waals surface area contributed by atoms with Crippen LogP contribution in [0.3, 0.4) is 0 Å². The predicted molar refractivity (Wildman–Crippen MR) is 113 cm³/mol. The summed E-state index contributed by atoms with van der Waals surface area (Å²) in [6, 6.07) is 4.49. The van der Waals surface area contributed by atoms with E-state index in [1.165, 1.54) is 18.0 Å². The summed E-state index contributed by atoms with van der Waals surface area (Å²) in [5.41, 5.74) is 1.69. The molecule has 7 nitrogen and oxygen atoms in total. The van der Waals surface area contributed by atoms with Gasteiger partial charge in [-0.1, -0.05) is 18.9 Å². The van der Waals surface area contributed by atoms with Gasteiger partial charge in [0, 0.05) is 56.1 Å². The summed E-state index contributed by atoms with van der Waals surface area (Å²) in [5.74, 6) is 0.263. The van der Waals surface area contributed by atoms with Crippen LogP contribution in [-0.2, 0) is 4.79 Å². The van der Waals surface area contributed by atoms with Crippen molar-refractivity contribution in [3.8, 4) is 0 Å². The number of nitrogens with one attached hydrogen (secondary N) is 1. The molecule has 0 bridgehead atoms. The lowest BCUT2D eigenvalue weighted by Gasteiger charge is -2.32. The molecule has 0 radical (unpaired) electrons. The SMILES string of the molecule is CCCSNc1ccc(C(=O)N2CCN(C=O)CC2)cc1F.Cc1cnccn1. The van der Waals surface area contributed by atoms with E-state index in [2.05, 4.69) is 21.6 Å². The monoisotopic (exact) mass is 419 g/mol. The lowest BCUT2D eigenvalue weighted by Crippen LogP contribution is -2.48. The minimum absolute atomic E-state index is 0.197. The molecule has 0 atom stereocenters. The Balaban J connectivity index is 0.000000360. The highest BCUT2D eigenvalue weighted by atomic mass is 32.2. The third-order valence-corrected chi connectivity index (χ3v) is 5.12. The summed E-state index contributed by atoms with van der Waals surface area (Å²) < 4.78 is 17.0. The van der Waals surface area contributed by atoms with Crippen LogP contribution in [0.15, 0.2) is 36.8 Å². The Labute approximate surface area is 174 Å². The molecule has 9 heteroatoms. The molecule has 3 rings (SSSR count). The molecule has 2 amide bonds. The molecule has 0 saturated carbocycles. The van der Waals surface area contributed by atoms with Crippen molar-refractivity contribution in [2.75, 3.05) is 36.7 Å². The number of piperazine rings is 1. The highest BCUT2D eigenvalue weighted by Crippen LogP contribution is 2.20. The average Bonchev–Trinajstić information content (AvgIpc) is 2.75. The molecule has 1 aromatic heterocycles. The Morgan fingerprint density at radius 1 is 1.28 bits per heavy atom. The molecular formula is C20H26FN5O2S. The van der Waals surface area contributed by atoms with Crippen molar-refractivity contribution in [3.63, 3.8) is 0 Å². The van der Waals surface area contributed by atoms with E-state index in [4.69, 9.17) is 0 Å². The quantitative estimate of drug-likeness (QED) is 0.441. The minimum atomic E-state index is -0.430. The second-order valence-electron chi connectivity index (χ2n) is 6.43. The van der Waals surface area contributed by atoms with E-state index in [-0.39, 0.29) is 5.91 Å². The van der Waals surface area contributed by atoms with Crippen molar-refractivity contribution in [2.45, 2.75) is 20.3 Å². The highest BCUT2D eigenvalue weighted by molar-refractivity contribution is 8.00. The van der Waals surface area contributed by atoms with Gasteiger partial charge in [0.05, 0.1) is 11.4 Å². The summed E-state index contributed by atoms with van der Waals surface area (Å²) in [7, 11) is 0. The fourth-order valence-electron chi connectivity index (χ4n) is 2.55. The zero-order chi connectivity index (χ0) is 21.1. The van der Waals surface area contributed by atoms with Gasteiger partial charge in [0.25, 0.3) is 5.91 Å². The van der Waals surface area contributed by atoms with E-state index in [1.54, 1.807) is 40.5 Å². The van der Waals surface area contributed by atoms with Gasteiger partial charge in [0.1, 0.15) is 5.82 Å². The Hall–Kier alpha value is -2.68. The smallest absolute Gasteiger partial charge is 0.254 e. The Morgan fingerprint density at radius 3 is 2.55 bits per heavy atom. The van der Waals surface area contributed by atoms with Gasteiger partial charge in [0.15, 0.2) is 0 Å². The summed E-state index contributed by atoms with van der Waals surface area (Å²) in [5, 5.41) is 0. The summed E-state index contributed by atoms with van der Waals surface area (Å²) in [4.78, 5) is 34.0. The van der Waals surface area contributed by atoms with E-state index < -0.39 is 5.82 Å². The zero-order valence-corrected chi connectivity index (χ0v) is 17.5. The number of halogens is 1. The first kappa shape index (κ1) is 22.6. The second-order valence-corrected chi connectivity index (χ2v) is 7.33. The average molecular weight is 420 g/mol. The molecule has 0 unspecified atom stereocenters. The Kier molecular flexibility index (Phi) is 9.36. The maximum Gasteiger partial charge on any atom is 0.254 e. The summed E-state index contributed by atoms with van der Waals surface area (Å²) in [6.07, 6.45) is 6.85. The van der Waals surface area contributed by atoms with E-state index in [0.717, 1.165) is 24.3 Å². The zero-order valence-electron chi connectivity index (χ0n) is 16.7. The lowest BCUT2D eigenvalue weighted by molar-refractivity contribution is -0.119. The van der Waals surface area contributed by atoms with E-state index in [0.29, 0.717) is 37.4 Å². The van der Waals surface area contributed by atoms with Gasteiger partial charge in [-0.05, 0) is 31.5 Å². The summed E-state index contributed by atoms with van der Waals surface area (Å²) in [6.45, 7) is 5.96. The van der Waals surface area contributed by atoms with Crippen LogP contribution in [0.1, 0.15) is 29.4 Å². The number of aromatic nitrogens is 2. The molecule has 156 valence electrons. The second kappa shape index (κ2) is 12.0. The number of amides is 2. The molecule has 0 aliphatic carbocycles. The van der Waals surface area contributed by atoms with Gasteiger partial charge >= 0.3 is 0 Å². The molecule has 1 aliphatic rings. The number of carbonyl (C=O) groups excluding carboxylic acids is 2. The minimum Gasteiger partial charge on any atom is -0.342 e. The molecule has 0 spiro atoms. The van der Waals surface area contributed by atoms with Crippen LogP contribution in [0.4, 0.5) is 10.1 Å². The van der Waals surface area contributed by atoms with Crippen LogP contribution >= 0.6 is 11.9 Å². The first-order valence-electron chi connectivity index (χ1n) is 9.43. The molecule has 1 N–H and O–H groups in total. The van der Waals surface area contributed by atoms with Crippen LogP contribution in [0, 0.1) is 12.7 Å². The van der Waals surface area contributed by atoms with Crippen molar-refractivity contribution in [1.29, 1.82) is 0 Å². The van der Waals surface area contributed by atoms with Crippen LogP contribution in [0.5, 0.6) is 0 Å². The molecule has 2 aromatic rings. The van der Waals surface area contributed by atoms with E-state index in [9.17, 15) is 14.0 Å². The number of benzene rings is 1. The van der Waals surface area contributed by atoms with Gasteiger partial charge in [-0.3, -0.25) is 19.6 Å². The van der Waals surface area contributed by atoms with Crippen LogP contribution in [-0.4, -0.2) is 64.0 Å². The maximum absolute atomic E-state index is 14.0. The van der Waals surface area contributed by atoms with Crippen LogP contribution in [0.2, 0.25) is 0 Å². The molecular weight excluding hydrogens is 393 g/mol. The topological polar surface area (TPSA) is 78.4 Å².